The Morgan fingerprint density at radius 1 is 1.17 bits per heavy atom. The summed E-state index contributed by atoms with van der Waals surface area (Å²) in [6.07, 6.45) is -3.65. The van der Waals surface area contributed by atoms with Crippen LogP contribution in [0.25, 0.3) is 0 Å². The molecule has 1 atom stereocenters. The summed E-state index contributed by atoms with van der Waals surface area (Å²) in [4.78, 5) is 19.2. The molecule has 2 aromatic heterocycles. The maximum Gasteiger partial charge on any atom is 0.435 e. The van der Waals surface area contributed by atoms with Crippen LogP contribution in [-0.2, 0) is 40.2 Å². The maximum atomic E-state index is 12.9. The Kier molecular flexibility index (Phi) is 7.08. The molecule has 0 saturated carbocycles. The lowest BCUT2D eigenvalue weighted by Crippen LogP contribution is -2.40. The van der Waals surface area contributed by atoms with E-state index in [1.54, 1.807) is 16.2 Å². The van der Waals surface area contributed by atoms with Crippen LogP contribution in [-0.4, -0.2) is 38.7 Å². The Morgan fingerprint density at radius 3 is 2.58 bits per heavy atom. The number of halogens is 4. The highest BCUT2D eigenvalue weighted by Gasteiger charge is 2.35. The van der Waals surface area contributed by atoms with Crippen LogP contribution < -0.4 is 0 Å². The molecule has 0 radical (unpaired) electrons. The second-order valence-corrected chi connectivity index (χ2v) is 10.3. The Balaban J connectivity index is 1.16. The van der Waals surface area contributed by atoms with E-state index in [1.165, 1.54) is 6.92 Å². The van der Waals surface area contributed by atoms with E-state index in [-0.39, 0.29) is 18.4 Å². The molecule has 3 aromatic rings. The van der Waals surface area contributed by atoms with Crippen LogP contribution >= 0.6 is 22.9 Å². The van der Waals surface area contributed by atoms with E-state index >= 15 is 0 Å². The third-order valence-electron chi connectivity index (χ3n) is 6.48. The number of fused-ring (bicyclic) bond motifs is 1. The van der Waals surface area contributed by atoms with E-state index in [4.69, 9.17) is 26.1 Å². The Hall–Kier alpha value is -2.47. The maximum absolute atomic E-state index is 12.9. The molecule has 0 aliphatic carbocycles. The summed E-state index contributed by atoms with van der Waals surface area (Å²) < 4.78 is 51.7. The molecule has 0 N–H and O–H groups in total. The molecule has 2 aliphatic rings. The molecule has 192 valence electrons. The third kappa shape index (κ3) is 5.44. The number of hydrogen-bond donors (Lipinski definition) is 0. The Bertz CT molecular complexity index is 1250. The summed E-state index contributed by atoms with van der Waals surface area (Å²) in [5, 5.41) is 7.12. The summed E-state index contributed by atoms with van der Waals surface area (Å²) >= 11 is 7.64. The van der Waals surface area contributed by atoms with Crippen LogP contribution in [0, 0.1) is 6.92 Å². The number of hydrogen-bond acceptors (Lipinski definition) is 6. The van der Waals surface area contributed by atoms with Crippen molar-refractivity contribution < 1.29 is 27.4 Å². The minimum Gasteiger partial charge on any atom is -0.342 e. The molecule has 1 fully saturated rings. The number of ether oxygens (including phenoxy) is 2. The normalized spacial score (nSPS) is 19.2. The van der Waals surface area contributed by atoms with E-state index < -0.39 is 18.2 Å². The van der Waals surface area contributed by atoms with Crippen molar-refractivity contribution in [3.8, 4) is 0 Å². The van der Waals surface area contributed by atoms with E-state index in [0.29, 0.717) is 37.0 Å². The number of carbonyl (C=O) groups excluding carboxylic acids is 1. The molecule has 1 aromatic carbocycles. The van der Waals surface area contributed by atoms with Gasteiger partial charge in [-0.25, -0.2) is 4.98 Å². The molecule has 4 heterocycles. The molecule has 2 aliphatic heterocycles. The SMILES string of the molecule is Cc1cc(C(F)(F)F)nn1CC(=O)N1CCC(c2nc(C3OCc4ccc(Cl)cc4CO3)cs2)CC1. The van der Waals surface area contributed by atoms with Crippen LogP contribution in [0.5, 0.6) is 0 Å². The van der Waals surface area contributed by atoms with Gasteiger partial charge in [-0.3, -0.25) is 9.48 Å². The van der Waals surface area contributed by atoms with Gasteiger partial charge in [0.15, 0.2) is 5.69 Å². The van der Waals surface area contributed by atoms with Gasteiger partial charge in [0.05, 0.1) is 18.2 Å². The number of thiazole rings is 1. The van der Waals surface area contributed by atoms with Gasteiger partial charge in [0.25, 0.3) is 0 Å². The highest BCUT2D eigenvalue weighted by molar-refractivity contribution is 7.09. The van der Waals surface area contributed by atoms with Gasteiger partial charge in [-0.2, -0.15) is 18.3 Å². The van der Waals surface area contributed by atoms with Crippen LogP contribution in [0.2, 0.25) is 5.02 Å². The predicted molar refractivity (Wildman–Crippen MR) is 126 cm³/mol. The van der Waals surface area contributed by atoms with Crippen molar-refractivity contribution in [2.24, 2.45) is 0 Å². The molecular formula is C24H24ClF3N4O3S. The number of amides is 1. The van der Waals surface area contributed by atoms with E-state index in [0.717, 1.165) is 45.4 Å². The van der Waals surface area contributed by atoms with Crippen molar-refractivity contribution in [2.75, 3.05) is 13.1 Å². The minimum atomic E-state index is -4.53. The molecule has 1 saturated heterocycles. The van der Waals surface area contributed by atoms with Gasteiger partial charge in [-0.05, 0) is 49.1 Å². The van der Waals surface area contributed by atoms with Crippen LogP contribution in [0.4, 0.5) is 13.2 Å². The summed E-state index contributed by atoms with van der Waals surface area (Å²) in [7, 11) is 0. The molecule has 0 bridgehead atoms. The highest BCUT2D eigenvalue weighted by atomic mass is 35.5. The van der Waals surface area contributed by atoms with E-state index in [2.05, 4.69) is 5.10 Å². The van der Waals surface area contributed by atoms with Crippen molar-refractivity contribution in [1.82, 2.24) is 19.7 Å². The first kappa shape index (κ1) is 25.2. The molecule has 1 amide bonds. The molecule has 1 unspecified atom stereocenters. The van der Waals surface area contributed by atoms with Gasteiger partial charge >= 0.3 is 6.18 Å². The van der Waals surface area contributed by atoms with Gasteiger partial charge < -0.3 is 14.4 Å². The summed E-state index contributed by atoms with van der Waals surface area (Å²) in [6, 6.07) is 6.61. The topological polar surface area (TPSA) is 69.5 Å². The van der Waals surface area contributed by atoms with Crippen molar-refractivity contribution in [1.29, 1.82) is 0 Å². The lowest BCUT2D eigenvalue weighted by atomic mass is 9.97. The Labute approximate surface area is 214 Å². The Morgan fingerprint density at radius 2 is 1.89 bits per heavy atom. The van der Waals surface area contributed by atoms with Gasteiger partial charge in [0, 0.05) is 35.1 Å². The average Bonchev–Trinajstić information content (AvgIpc) is 3.42. The molecular weight excluding hydrogens is 517 g/mol. The first-order valence-corrected chi connectivity index (χ1v) is 12.8. The number of piperidine rings is 1. The fourth-order valence-corrected chi connectivity index (χ4v) is 5.61. The van der Waals surface area contributed by atoms with Gasteiger partial charge in [0.2, 0.25) is 12.2 Å². The zero-order valence-electron chi connectivity index (χ0n) is 19.4. The number of aromatic nitrogens is 3. The van der Waals surface area contributed by atoms with Crippen molar-refractivity contribution in [2.45, 2.75) is 57.9 Å². The summed E-state index contributed by atoms with van der Waals surface area (Å²) in [6.45, 7) is 3.11. The lowest BCUT2D eigenvalue weighted by Gasteiger charge is -2.31. The van der Waals surface area contributed by atoms with E-state index in [1.807, 2.05) is 23.6 Å². The summed E-state index contributed by atoms with van der Waals surface area (Å²) in [5.74, 6) is -0.0500. The number of carbonyl (C=O) groups is 1. The number of aryl methyl sites for hydroxylation is 1. The standard InChI is InChI=1S/C24H24ClF3N4O3S/c1-14-8-20(24(26,27)28)30-32(14)10-21(33)31-6-4-15(5-7-31)22-29-19(13-36-22)23-34-11-16-2-3-18(25)9-17(16)12-35-23/h2-3,8-9,13,15,23H,4-7,10-12H2,1H3. The number of benzene rings is 1. The van der Waals surface area contributed by atoms with Crippen molar-refractivity contribution >= 4 is 28.8 Å². The minimum absolute atomic E-state index is 0.192. The average molecular weight is 541 g/mol. The fourth-order valence-electron chi connectivity index (χ4n) is 4.43. The third-order valence-corrected chi connectivity index (χ3v) is 7.74. The first-order chi connectivity index (χ1) is 17.2. The van der Waals surface area contributed by atoms with Gasteiger partial charge in [-0.15, -0.1) is 11.3 Å². The fraction of sp³-hybridized carbons (Fsp3) is 0.458. The second kappa shape index (κ2) is 10.1. The zero-order valence-corrected chi connectivity index (χ0v) is 21.0. The number of rotatable bonds is 4. The quantitative estimate of drug-likeness (QED) is 0.439. The number of likely N-dealkylation sites (tertiary alicyclic amines) is 1. The molecule has 36 heavy (non-hydrogen) atoms. The molecule has 7 nitrogen and oxygen atoms in total. The second-order valence-electron chi connectivity index (χ2n) is 8.96. The van der Waals surface area contributed by atoms with Gasteiger partial charge in [-0.1, -0.05) is 17.7 Å². The predicted octanol–water partition coefficient (Wildman–Crippen LogP) is 5.47. The van der Waals surface area contributed by atoms with Gasteiger partial charge in [0.1, 0.15) is 12.2 Å². The monoisotopic (exact) mass is 540 g/mol. The molecule has 0 spiro atoms. The molecule has 12 heteroatoms. The smallest absolute Gasteiger partial charge is 0.342 e. The van der Waals surface area contributed by atoms with Crippen LogP contribution in [0.3, 0.4) is 0 Å². The lowest BCUT2D eigenvalue weighted by molar-refractivity contribution is -0.155. The number of nitrogens with zero attached hydrogens (tertiary/aromatic N) is 4. The van der Waals surface area contributed by atoms with E-state index in [9.17, 15) is 18.0 Å². The first-order valence-electron chi connectivity index (χ1n) is 11.5. The largest absolute Gasteiger partial charge is 0.435 e. The van der Waals surface area contributed by atoms with Crippen LogP contribution in [0.15, 0.2) is 29.6 Å². The zero-order chi connectivity index (χ0) is 25.4. The summed E-state index contributed by atoms with van der Waals surface area (Å²) in [5.41, 5.74) is 2.07. The number of alkyl halides is 3. The van der Waals surface area contributed by atoms with Crippen LogP contribution in [0.1, 0.15) is 58.3 Å². The van der Waals surface area contributed by atoms with Crippen molar-refractivity contribution in [3.05, 3.63) is 67.9 Å². The highest BCUT2D eigenvalue weighted by Crippen LogP contribution is 2.35. The van der Waals surface area contributed by atoms with Crippen molar-refractivity contribution in [3.63, 3.8) is 0 Å². The molecule has 5 rings (SSSR count).